The van der Waals surface area contributed by atoms with Crippen LogP contribution >= 0.6 is 0 Å². The third kappa shape index (κ3) is 3.44. The maximum absolute atomic E-state index is 12.6. The molecule has 0 unspecified atom stereocenters. The molecular weight excluding hydrogens is 326 g/mol. The first-order valence-electron chi connectivity index (χ1n) is 9.73. The number of nitrogens with two attached hydrogens (primary N) is 1. The Labute approximate surface area is 156 Å². The third-order valence-electron chi connectivity index (χ3n) is 6.57. The van der Waals surface area contributed by atoms with Gasteiger partial charge in [0.1, 0.15) is 5.54 Å². The highest BCUT2D eigenvalue weighted by Crippen LogP contribution is 2.63. The normalized spacial score (nSPS) is 26.4. The summed E-state index contributed by atoms with van der Waals surface area (Å²) in [7, 11) is 0. The van der Waals surface area contributed by atoms with Crippen molar-refractivity contribution in [2.24, 2.45) is 11.1 Å². The molecule has 0 aliphatic heterocycles. The maximum atomic E-state index is 12.6. The molecule has 0 bridgehead atoms. The Hall–Kier alpha value is -2.04. The van der Waals surface area contributed by atoms with E-state index in [1.807, 2.05) is 18.2 Å². The molecule has 1 aromatic carbocycles. The average Bonchev–Trinajstić information content (AvgIpc) is 3.26. The number of hydrogen-bond acceptors (Lipinski definition) is 2. The average molecular weight is 357 g/mol. The van der Waals surface area contributed by atoms with Crippen molar-refractivity contribution in [3.8, 4) is 0 Å². The predicted octanol–water partition coefficient (Wildman–Crippen LogP) is 3.23. The molecule has 4 N–H and O–H groups in total. The summed E-state index contributed by atoms with van der Waals surface area (Å²) in [6.45, 7) is 5.02. The van der Waals surface area contributed by atoms with Crippen molar-refractivity contribution in [2.75, 3.05) is 6.54 Å². The van der Waals surface area contributed by atoms with E-state index in [1.165, 1.54) is 5.56 Å². The summed E-state index contributed by atoms with van der Waals surface area (Å²) >= 11 is 0. The summed E-state index contributed by atoms with van der Waals surface area (Å²) in [6, 6.07) is 10.1. The van der Waals surface area contributed by atoms with Gasteiger partial charge in [-0.3, -0.25) is 4.79 Å². The highest BCUT2D eigenvalue weighted by Gasteiger charge is 2.61. The Morgan fingerprint density at radius 3 is 2.12 bits per heavy atom. The Bertz CT molecular complexity index is 663. The van der Waals surface area contributed by atoms with E-state index in [0.717, 1.165) is 32.1 Å². The van der Waals surface area contributed by atoms with E-state index < -0.39 is 11.4 Å². The highest BCUT2D eigenvalue weighted by molar-refractivity contribution is 5.90. The predicted molar refractivity (Wildman–Crippen MR) is 103 cm³/mol. The smallest absolute Gasteiger partial charge is 0.315 e. The van der Waals surface area contributed by atoms with Crippen molar-refractivity contribution in [1.29, 1.82) is 0 Å². The minimum absolute atomic E-state index is 0.0467. The zero-order valence-electron chi connectivity index (χ0n) is 15.9. The van der Waals surface area contributed by atoms with Crippen LogP contribution in [0.4, 0.5) is 4.79 Å². The van der Waals surface area contributed by atoms with E-state index in [-0.39, 0.29) is 16.9 Å². The second-order valence-electron chi connectivity index (χ2n) is 8.68. The van der Waals surface area contributed by atoms with Crippen LogP contribution in [0.5, 0.6) is 0 Å². The minimum atomic E-state index is -0.903. The molecule has 5 heteroatoms. The number of rotatable bonds is 5. The van der Waals surface area contributed by atoms with Crippen molar-refractivity contribution >= 4 is 11.9 Å². The van der Waals surface area contributed by atoms with Gasteiger partial charge in [0.15, 0.2) is 0 Å². The van der Waals surface area contributed by atoms with E-state index >= 15 is 0 Å². The molecule has 2 aliphatic carbocycles. The Morgan fingerprint density at radius 2 is 1.62 bits per heavy atom. The summed E-state index contributed by atoms with van der Waals surface area (Å²) in [6.07, 6.45) is 6.31. The van der Waals surface area contributed by atoms with Crippen molar-refractivity contribution in [3.63, 3.8) is 0 Å². The molecule has 0 heterocycles. The van der Waals surface area contributed by atoms with Crippen LogP contribution < -0.4 is 16.4 Å². The lowest BCUT2D eigenvalue weighted by Gasteiger charge is -2.31. The fraction of sp³-hybridized carbons (Fsp3) is 0.619. The van der Waals surface area contributed by atoms with Gasteiger partial charge in [-0.05, 0) is 30.2 Å². The quantitative estimate of drug-likeness (QED) is 0.707. The van der Waals surface area contributed by atoms with E-state index in [1.54, 1.807) is 0 Å². The monoisotopic (exact) mass is 357 g/mol. The van der Waals surface area contributed by atoms with Crippen LogP contribution in [0.1, 0.15) is 64.4 Å². The summed E-state index contributed by atoms with van der Waals surface area (Å²) in [4.78, 5) is 24.7. The van der Waals surface area contributed by atoms with E-state index in [9.17, 15) is 9.59 Å². The van der Waals surface area contributed by atoms with Crippen LogP contribution in [-0.2, 0) is 10.2 Å². The molecule has 0 radical (unpaired) electrons. The molecule has 0 spiro atoms. The number of hydrogen-bond donors (Lipinski definition) is 3. The second-order valence-corrected chi connectivity index (χ2v) is 8.68. The fourth-order valence-electron chi connectivity index (χ4n) is 4.62. The fourth-order valence-corrected chi connectivity index (χ4v) is 4.62. The highest BCUT2D eigenvalue weighted by atomic mass is 16.2. The van der Waals surface area contributed by atoms with Crippen molar-refractivity contribution in [2.45, 2.75) is 69.7 Å². The van der Waals surface area contributed by atoms with Gasteiger partial charge in [0.25, 0.3) is 0 Å². The first-order valence-corrected chi connectivity index (χ1v) is 9.73. The van der Waals surface area contributed by atoms with Gasteiger partial charge in [-0.15, -0.1) is 0 Å². The van der Waals surface area contributed by atoms with Gasteiger partial charge in [0.05, 0.1) is 0 Å². The molecule has 5 nitrogen and oxygen atoms in total. The van der Waals surface area contributed by atoms with Gasteiger partial charge in [0, 0.05) is 12.0 Å². The number of carbonyl (C=O) groups is 2. The minimum Gasteiger partial charge on any atom is -0.368 e. The number of urea groups is 1. The van der Waals surface area contributed by atoms with Crippen LogP contribution in [0.3, 0.4) is 0 Å². The van der Waals surface area contributed by atoms with E-state index in [4.69, 9.17) is 5.73 Å². The van der Waals surface area contributed by atoms with E-state index in [0.29, 0.717) is 19.4 Å². The third-order valence-corrected chi connectivity index (χ3v) is 6.57. The molecule has 1 aromatic rings. The Balaban J connectivity index is 1.67. The number of primary amides is 1. The summed E-state index contributed by atoms with van der Waals surface area (Å²) in [5, 5.41) is 5.96. The molecule has 0 saturated heterocycles. The lowest BCUT2D eigenvalue weighted by Crippen LogP contribution is -2.60. The number of amides is 3. The van der Waals surface area contributed by atoms with Crippen LogP contribution in [0.2, 0.25) is 0 Å². The molecule has 26 heavy (non-hydrogen) atoms. The van der Waals surface area contributed by atoms with Gasteiger partial charge in [-0.2, -0.15) is 0 Å². The first kappa shape index (κ1) is 18.7. The van der Waals surface area contributed by atoms with E-state index in [2.05, 4.69) is 36.6 Å². The maximum Gasteiger partial charge on any atom is 0.315 e. The SMILES string of the molecule is CC1(C)C[C@]1(CNC(=O)NC1(C(N)=O)CCCCCC1)c1ccccc1. The van der Waals surface area contributed by atoms with Crippen LogP contribution in [0.15, 0.2) is 30.3 Å². The zero-order valence-corrected chi connectivity index (χ0v) is 15.9. The van der Waals surface area contributed by atoms with Crippen LogP contribution in [0.25, 0.3) is 0 Å². The van der Waals surface area contributed by atoms with Crippen LogP contribution in [-0.4, -0.2) is 24.0 Å². The Morgan fingerprint density at radius 1 is 1.04 bits per heavy atom. The number of benzene rings is 1. The molecule has 2 saturated carbocycles. The van der Waals surface area contributed by atoms with Gasteiger partial charge >= 0.3 is 6.03 Å². The Kier molecular flexibility index (Phi) is 5.00. The topological polar surface area (TPSA) is 84.2 Å². The molecule has 1 atom stereocenters. The van der Waals surface area contributed by atoms with Gasteiger partial charge in [0.2, 0.25) is 5.91 Å². The van der Waals surface area contributed by atoms with Crippen LogP contribution in [0, 0.1) is 5.41 Å². The molecule has 2 fully saturated rings. The molecule has 0 aromatic heterocycles. The number of carbonyl (C=O) groups excluding carboxylic acids is 2. The molecule has 3 amide bonds. The molecule has 2 aliphatic rings. The lowest BCUT2D eigenvalue weighted by atomic mass is 9.87. The second kappa shape index (κ2) is 6.93. The van der Waals surface area contributed by atoms with Crippen molar-refractivity contribution in [1.82, 2.24) is 10.6 Å². The largest absolute Gasteiger partial charge is 0.368 e. The van der Waals surface area contributed by atoms with Crippen molar-refractivity contribution < 1.29 is 9.59 Å². The summed E-state index contributed by atoms with van der Waals surface area (Å²) < 4.78 is 0. The lowest BCUT2D eigenvalue weighted by molar-refractivity contribution is -0.124. The van der Waals surface area contributed by atoms with Gasteiger partial charge < -0.3 is 16.4 Å². The molecule has 3 rings (SSSR count). The zero-order chi connectivity index (χ0) is 18.8. The van der Waals surface area contributed by atoms with Gasteiger partial charge in [-0.1, -0.05) is 69.9 Å². The van der Waals surface area contributed by atoms with Gasteiger partial charge in [-0.25, -0.2) is 4.79 Å². The molecule has 142 valence electrons. The van der Waals surface area contributed by atoms with Crippen molar-refractivity contribution in [3.05, 3.63) is 35.9 Å². The summed E-state index contributed by atoms with van der Waals surface area (Å²) in [5.74, 6) is -0.418. The standard InChI is InChI=1S/C21H31N3O2/c1-19(2)14-20(19,16-10-6-5-7-11-16)15-23-18(26)24-21(17(22)25)12-8-3-4-9-13-21/h5-7,10-11H,3-4,8-9,12-15H2,1-2H3,(H2,22,25)(H2,23,24,26)/t20-/m0/s1. The first-order chi connectivity index (χ1) is 12.3. The molecular formula is C21H31N3O2. The number of nitrogens with one attached hydrogen (secondary N) is 2. The summed E-state index contributed by atoms with van der Waals surface area (Å²) in [5.41, 5.74) is 6.12.